The van der Waals surface area contributed by atoms with Crippen LogP contribution in [0.15, 0.2) is 4.79 Å². The van der Waals surface area contributed by atoms with Crippen LogP contribution in [0, 0.1) is 6.92 Å². The Morgan fingerprint density at radius 2 is 2.12 bits per heavy atom. The van der Waals surface area contributed by atoms with E-state index < -0.39 is 0 Å². The van der Waals surface area contributed by atoms with Gasteiger partial charge in [0, 0.05) is 38.7 Å². The summed E-state index contributed by atoms with van der Waals surface area (Å²) in [7, 11) is 1.69. The highest BCUT2D eigenvalue weighted by molar-refractivity contribution is 5.22. The number of aryl methyl sites for hydroxylation is 1. The van der Waals surface area contributed by atoms with E-state index in [2.05, 4.69) is 29.6 Å². The molecule has 3 heterocycles. The maximum Gasteiger partial charge on any atom is 0.255 e. The molecule has 140 valence electrons. The second-order valence-electron chi connectivity index (χ2n) is 7.27. The number of ether oxygens (including phenoxy) is 1. The zero-order valence-corrected chi connectivity index (χ0v) is 15.2. The molecule has 2 aromatic rings. The first-order valence-corrected chi connectivity index (χ1v) is 9.02. The molecular formula is C17H25N7O2. The van der Waals surface area contributed by atoms with E-state index in [0.29, 0.717) is 38.0 Å². The lowest BCUT2D eigenvalue weighted by Crippen LogP contribution is -2.36. The fourth-order valence-electron chi connectivity index (χ4n) is 3.83. The summed E-state index contributed by atoms with van der Waals surface area (Å²) in [5, 5.41) is 8.87. The molecule has 0 unspecified atom stereocenters. The first-order valence-electron chi connectivity index (χ1n) is 9.02. The van der Waals surface area contributed by atoms with Crippen LogP contribution in [-0.2, 0) is 30.9 Å². The molecule has 1 aliphatic heterocycles. The molecule has 1 fully saturated rings. The van der Waals surface area contributed by atoms with Crippen molar-refractivity contribution in [2.45, 2.75) is 57.9 Å². The maximum absolute atomic E-state index is 12.1. The zero-order chi connectivity index (χ0) is 18.3. The van der Waals surface area contributed by atoms with Gasteiger partial charge < -0.3 is 20.0 Å². The Morgan fingerprint density at radius 1 is 1.31 bits per heavy atom. The fraction of sp³-hybridized carbons (Fsp3) is 0.647. The standard InChI is InChI=1S/C17H25N7O2/c1-10-19-14-8-23(7-13(14)17(25)20-10)9-15-21-22-16(11-5-12(18)6-11)24(15)3-4-26-2/h11-12H,3-9,18H2,1-2H3,(H,19,20,25). The summed E-state index contributed by atoms with van der Waals surface area (Å²) in [5.74, 6) is 2.94. The Morgan fingerprint density at radius 3 is 2.85 bits per heavy atom. The third kappa shape index (κ3) is 3.17. The van der Waals surface area contributed by atoms with Gasteiger partial charge in [-0.05, 0) is 19.8 Å². The van der Waals surface area contributed by atoms with Gasteiger partial charge in [-0.1, -0.05) is 0 Å². The van der Waals surface area contributed by atoms with Crippen LogP contribution < -0.4 is 11.3 Å². The minimum Gasteiger partial charge on any atom is -0.383 e. The summed E-state index contributed by atoms with van der Waals surface area (Å²) in [5.41, 5.74) is 7.51. The third-order valence-corrected chi connectivity index (χ3v) is 5.25. The Hall–Kier alpha value is -2.10. The summed E-state index contributed by atoms with van der Waals surface area (Å²) in [6.45, 7) is 5.00. The molecule has 2 aromatic heterocycles. The van der Waals surface area contributed by atoms with Crippen molar-refractivity contribution in [3.05, 3.63) is 39.1 Å². The number of fused-ring (bicyclic) bond motifs is 1. The average Bonchev–Trinajstić information content (AvgIpc) is 3.14. The number of aromatic nitrogens is 5. The predicted molar refractivity (Wildman–Crippen MR) is 94.4 cm³/mol. The van der Waals surface area contributed by atoms with Crippen molar-refractivity contribution in [3.63, 3.8) is 0 Å². The molecule has 3 N–H and O–H groups in total. The van der Waals surface area contributed by atoms with E-state index in [9.17, 15) is 4.79 Å². The van der Waals surface area contributed by atoms with Gasteiger partial charge in [0.1, 0.15) is 17.5 Å². The molecule has 0 bridgehead atoms. The average molecular weight is 359 g/mol. The topological polar surface area (TPSA) is 115 Å². The van der Waals surface area contributed by atoms with E-state index in [1.165, 1.54) is 0 Å². The smallest absolute Gasteiger partial charge is 0.255 e. The predicted octanol–water partition coefficient (Wildman–Crippen LogP) is 0.0367. The molecule has 0 aromatic carbocycles. The maximum atomic E-state index is 12.1. The van der Waals surface area contributed by atoms with E-state index in [4.69, 9.17) is 10.5 Å². The van der Waals surface area contributed by atoms with Gasteiger partial charge in [-0.3, -0.25) is 9.69 Å². The lowest BCUT2D eigenvalue weighted by molar-refractivity contribution is 0.180. The van der Waals surface area contributed by atoms with Gasteiger partial charge in [-0.15, -0.1) is 10.2 Å². The molecule has 4 rings (SSSR count). The van der Waals surface area contributed by atoms with Crippen molar-refractivity contribution in [1.29, 1.82) is 0 Å². The first kappa shape index (κ1) is 17.3. The molecule has 0 atom stereocenters. The van der Waals surface area contributed by atoms with Crippen LogP contribution in [0.4, 0.5) is 0 Å². The Bertz CT molecular complexity index is 853. The minimum atomic E-state index is -0.0417. The Labute approximate surface area is 151 Å². The van der Waals surface area contributed by atoms with Crippen molar-refractivity contribution in [2.75, 3.05) is 13.7 Å². The summed E-state index contributed by atoms with van der Waals surface area (Å²) in [4.78, 5) is 21.5. The molecule has 0 saturated heterocycles. The first-order chi connectivity index (χ1) is 12.5. The van der Waals surface area contributed by atoms with E-state index in [1.807, 2.05) is 0 Å². The van der Waals surface area contributed by atoms with Gasteiger partial charge in [-0.25, -0.2) is 4.98 Å². The van der Waals surface area contributed by atoms with E-state index >= 15 is 0 Å². The number of nitrogens with one attached hydrogen (secondary N) is 1. The van der Waals surface area contributed by atoms with Crippen molar-refractivity contribution < 1.29 is 4.74 Å². The third-order valence-electron chi connectivity index (χ3n) is 5.25. The Kier molecular flexibility index (Phi) is 4.60. The van der Waals surface area contributed by atoms with E-state index in [1.54, 1.807) is 14.0 Å². The lowest BCUT2D eigenvalue weighted by Gasteiger charge is -2.32. The van der Waals surface area contributed by atoms with Gasteiger partial charge in [0.25, 0.3) is 5.56 Å². The van der Waals surface area contributed by atoms with Gasteiger partial charge in [0.05, 0.1) is 24.4 Å². The summed E-state index contributed by atoms with van der Waals surface area (Å²) < 4.78 is 7.42. The molecular weight excluding hydrogens is 334 g/mol. The van der Waals surface area contributed by atoms with E-state index in [-0.39, 0.29) is 11.6 Å². The number of rotatable bonds is 6. The molecule has 9 heteroatoms. The molecule has 9 nitrogen and oxygen atoms in total. The number of hydrogen-bond donors (Lipinski definition) is 2. The molecule has 0 spiro atoms. The van der Waals surface area contributed by atoms with Crippen LogP contribution in [0.2, 0.25) is 0 Å². The largest absolute Gasteiger partial charge is 0.383 e. The Balaban J connectivity index is 1.53. The summed E-state index contributed by atoms with van der Waals surface area (Å²) in [6.07, 6.45) is 1.91. The number of H-pyrrole nitrogens is 1. The van der Waals surface area contributed by atoms with Crippen molar-refractivity contribution in [3.8, 4) is 0 Å². The number of hydrogen-bond acceptors (Lipinski definition) is 7. The van der Waals surface area contributed by atoms with Gasteiger partial charge in [0.15, 0.2) is 0 Å². The number of aromatic amines is 1. The van der Waals surface area contributed by atoms with Crippen LogP contribution in [-0.4, -0.2) is 49.4 Å². The SMILES string of the molecule is COCCn1c(CN2Cc3nc(C)[nH]c(=O)c3C2)nnc1C1CC(N)C1. The molecule has 26 heavy (non-hydrogen) atoms. The minimum absolute atomic E-state index is 0.0417. The van der Waals surface area contributed by atoms with Crippen molar-refractivity contribution in [2.24, 2.45) is 5.73 Å². The van der Waals surface area contributed by atoms with Crippen LogP contribution in [0.5, 0.6) is 0 Å². The van der Waals surface area contributed by atoms with E-state index in [0.717, 1.165) is 42.3 Å². The van der Waals surface area contributed by atoms with Crippen LogP contribution in [0.3, 0.4) is 0 Å². The number of methoxy groups -OCH3 is 1. The highest BCUT2D eigenvalue weighted by atomic mass is 16.5. The lowest BCUT2D eigenvalue weighted by atomic mass is 9.80. The molecule has 1 aliphatic carbocycles. The van der Waals surface area contributed by atoms with Crippen LogP contribution >= 0.6 is 0 Å². The molecule has 0 radical (unpaired) electrons. The summed E-state index contributed by atoms with van der Waals surface area (Å²) >= 11 is 0. The second-order valence-corrected chi connectivity index (χ2v) is 7.27. The number of nitrogens with two attached hydrogens (primary N) is 1. The van der Waals surface area contributed by atoms with Crippen LogP contribution in [0.25, 0.3) is 0 Å². The molecule has 0 amide bonds. The van der Waals surface area contributed by atoms with Crippen LogP contribution in [0.1, 0.15) is 47.5 Å². The van der Waals surface area contributed by atoms with Gasteiger partial charge in [-0.2, -0.15) is 0 Å². The zero-order valence-electron chi connectivity index (χ0n) is 15.2. The van der Waals surface area contributed by atoms with Crippen molar-refractivity contribution >= 4 is 0 Å². The second kappa shape index (κ2) is 6.90. The fourth-order valence-corrected chi connectivity index (χ4v) is 3.83. The monoisotopic (exact) mass is 359 g/mol. The normalized spacial score (nSPS) is 22.4. The van der Waals surface area contributed by atoms with Crippen molar-refractivity contribution in [1.82, 2.24) is 29.6 Å². The highest BCUT2D eigenvalue weighted by Gasteiger charge is 2.33. The molecule has 1 saturated carbocycles. The summed E-state index contributed by atoms with van der Waals surface area (Å²) in [6, 6.07) is 0.269. The van der Waals surface area contributed by atoms with Gasteiger partial charge in [0.2, 0.25) is 0 Å². The van der Waals surface area contributed by atoms with Gasteiger partial charge >= 0.3 is 0 Å². The quantitative estimate of drug-likeness (QED) is 0.748. The number of nitrogens with zero attached hydrogens (tertiary/aromatic N) is 5. The molecule has 2 aliphatic rings. The highest BCUT2D eigenvalue weighted by Crippen LogP contribution is 2.35.